The van der Waals surface area contributed by atoms with Gasteiger partial charge in [-0.15, -0.1) is 0 Å². The zero-order chi connectivity index (χ0) is 13.5. The van der Waals surface area contributed by atoms with Gasteiger partial charge < -0.3 is 20.1 Å². The lowest BCUT2D eigenvalue weighted by molar-refractivity contribution is 0.131. The average molecular weight is 256 g/mol. The van der Waals surface area contributed by atoms with E-state index < -0.39 is 17.9 Å². The number of hydrogen-bond acceptors (Lipinski definition) is 5. The number of carboxylic acid groups (broad SMARTS) is 1. The van der Waals surface area contributed by atoms with Crippen molar-refractivity contribution in [2.45, 2.75) is 0 Å². The van der Waals surface area contributed by atoms with Crippen molar-refractivity contribution >= 4 is 23.6 Å². The van der Waals surface area contributed by atoms with Crippen LogP contribution in [0, 0.1) is 0 Å². The van der Waals surface area contributed by atoms with Crippen molar-refractivity contribution in [3.05, 3.63) is 18.2 Å². The molecule has 98 valence electrons. The highest BCUT2D eigenvalue weighted by Gasteiger charge is 2.11. The molecule has 5 N–H and O–H groups in total. The first-order valence-corrected chi connectivity index (χ1v) is 4.91. The van der Waals surface area contributed by atoms with Crippen LogP contribution in [0.25, 0.3) is 0 Å². The molecule has 8 nitrogen and oxygen atoms in total. The molecule has 0 atom stereocenters. The van der Waals surface area contributed by atoms with E-state index in [9.17, 15) is 14.7 Å². The summed E-state index contributed by atoms with van der Waals surface area (Å²) in [4.78, 5) is 21.6. The Morgan fingerprint density at radius 1 is 1.22 bits per heavy atom. The van der Waals surface area contributed by atoms with Crippen LogP contribution in [0.5, 0.6) is 5.75 Å². The van der Waals surface area contributed by atoms with E-state index in [0.717, 1.165) is 0 Å². The summed E-state index contributed by atoms with van der Waals surface area (Å²) in [6.45, 7) is -0.500. The maximum atomic E-state index is 11.2. The first kappa shape index (κ1) is 13.6. The number of ether oxygens (including phenoxy) is 1. The number of aliphatic hydroxyl groups excluding tert-OH is 1. The molecule has 1 rings (SSSR count). The number of hydrogen-bond donors (Lipinski definition) is 5. The number of para-hydroxylation sites is 1. The number of carbonyl (C=O) groups is 2. The number of aromatic hydroxyl groups is 1. The predicted molar refractivity (Wildman–Crippen MR) is 61.8 cm³/mol. The fraction of sp³-hybridized carbons (Fsp3) is 0.200. The van der Waals surface area contributed by atoms with Crippen molar-refractivity contribution < 1.29 is 29.6 Å². The molecule has 0 saturated carbocycles. The van der Waals surface area contributed by atoms with Crippen LogP contribution in [0.15, 0.2) is 18.2 Å². The van der Waals surface area contributed by atoms with Crippen LogP contribution in [-0.4, -0.2) is 40.7 Å². The molecule has 0 radical (unpaired) electrons. The maximum absolute atomic E-state index is 11.2. The van der Waals surface area contributed by atoms with Gasteiger partial charge in [-0.3, -0.25) is 10.6 Å². The number of phenols is 1. The van der Waals surface area contributed by atoms with E-state index in [1.807, 2.05) is 5.32 Å². The molecule has 0 spiro atoms. The fourth-order valence-corrected chi connectivity index (χ4v) is 1.14. The molecule has 1 aromatic rings. The van der Waals surface area contributed by atoms with E-state index in [0.29, 0.717) is 0 Å². The molecule has 8 heteroatoms. The summed E-state index contributed by atoms with van der Waals surface area (Å²) in [6, 6.07) is 4.13. The van der Waals surface area contributed by atoms with Gasteiger partial charge in [0.2, 0.25) is 0 Å². The molecule has 0 aromatic heterocycles. The van der Waals surface area contributed by atoms with E-state index in [4.69, 9.17) is 10.2 Å². The van der Waals surface area contributed by atoms with Crippen LogP contribution in [0.1, 0.15) is 0 Å². The quantitative estimate of drug-likeness (QED) is 0.512. The van der Waals surface area contributed by atoms with E-state index in [1.165, 1.54) is 18.2 Å². The average Bonchev–Trinajstić information content (AvgIpc) is 2.31. The number of amides is 2. The van der Waals surface area contributed by atoms with Crippen molar-refractivity contribution in [1.29, 1.82) is 0 Å². The molecule has 0 bridgehead atoms. The molecule has 0 aliphatic rings. The van der Waals surface area contributed by atoms with Gasteiger partial charge in [-0.05, 0) is 12.1 Å². The summed E-state index contributed by atoms with van der Waals surface area (Å²) >= 11 is 0. The van der Waals surface area contributed by atoms with Crippen molar-refractivity contribution in [3.63, 3.8) is 0 Å². The van der Waals surface area contributed by atoms with Crippen LogP contribution in [0.2, 0.25) is 0 Å². The summed E-state index contributed by atoms with van der Waals surface area (Å²) in [5.74, 6) is -0.430. The predicted octanol–water partition coefficient (Wildman–Crippen LogP) is 1.02. The summed E-state index contributed by atoms with van der Waals surface area (Å²) in [6.07, 6.45) is -2.21. The van der Waals surface area contributed by atoms with Crippen LogP contribution in [-0.2, 0) is 4.74 Å². The molecular formula is C10H12N2O6. The molecule has 0 aliphatic heterocycles. The summed E-state index contributed by atoms with van der Waals surface area (Å²) in [7, 11) is 0. The monoisotopic (exact) mass is 256 g/mol. The second kappa shape index (κ2) is 6.30. The summed E-state index contributed by atoms with van der Waals surface area (Å²) < 4.78 is 4.52. The van der Waals surface area contributed by atoms with Gasteiger partial charge in [0.05, 0.1) is 18.0 Å². The summed E-state index contributed by atoms with van der Waals surface area (Å²) in [5.41, 5.74) is -0.0772. The highest BCUT2D eigenvalue weighted by molar-refractivity contribution is 5.92. The lowest BCUT2D eigenvalue weighted by Crippen LogP contribution is -2.16. The Morgan fingerprint density at radius 3 is 2.39 bits per heavy atom. The topological polar surface area (TPSA) is 128 Å². The third kappa shape index (κ3) is 3.83. The van der Waals surface area contributed by atoms with Crippen molar-refractivity contribution in [2.24, 2.45) is 0 Å². The molecule has 0 saturated heterocycles. The normalized spacial score (nSPS) is 9.61. The van der Waals surface area contributed by atoms with Gasteiger partial charge in [0.1, 0.15) is 6.61 Å². The Morgan fingerprint density at radius 2 is 1.83 bits per heavy atom. The maximum Gasteiger partial charge on any atom is 0.411 e. The Labute approximate surface area is 102 Å². The highest BCUT2D eigenvalue weighted by Crippen LogP contribution is 2.31. The van der Waals surface area contributed by atoms with E-state index in [-0.39, 0.29) is 24.6 Å². The van der Waals surface area contributed by atoms with Gasteiger partial charge in [-0.25, -0.2) is 9.59 Å². The molecule has 0 aliphatic carbocycles. The molecule has 1 aromatic carbocycles. The van der Waals surface area contributed by atoms with Crippen molar-refractivity contribution in [3.8, 4) is 5.75 Å². The Hall–Kier alpha value is -2.48. The lowest BCUT2D eigenvalue weighted by Gasteiger charge is -2.10. The largest absolute Gasteiger partial charge is 0.504 e. The van der Waals surface area contributed by atoms with Gasteiger partial charge in [0, 0.05) is 0 Å². The molecule has 2 amide bonds. The molecule has 0 unspecified atom stereocenters. The minimum atomic E-state index is -1.34. The van der Waals surface area contributed by atoms with Crippen molar-refractivity contribution in [2.75, 3.05) is 23.8 Å². The molecule has 0 fully saturated rings. The standard InChI is InChI=1S/C10H12N2O6/c13-4-5-18-10(17)12-7-3-1-2-6(8(7)14)11-9(15)16/h1-3,11,13-14H,4-5H2,(H,12,17)(H,15,16). The second-order valence-corrected chi connectivity index (χ2v) is 3.12. The van der Waals surface area contributed by atoms with Gasteiger partial charge in [0.25, 0.3) is 0 Å². The molecule has 18 heavy (non-hydrogen) atoms. The van der Waals surface area contributed by atoms with Gasteiger partial charge in [-0.2, -0.15) is 0 Å². The highest BCUT2D eigenvalue weighted by atomic mass is 16.6. The number of benzene rings is 1. The Balaban J connectivity index is 2.77. The number of aliphatic hydroxyl groups is 1. The number of rotatable bonds is 4. The van der Waals surface area contributed by atoms with E-state index in [2.05, 4.69) is 10.1 Å². The zero-order valence-electron chi connectivity index (χ0n) is 9.21. The van der Waals surface area contributed by atoms with Crippen LogP contribution >= 0.6 is 0 Å². The smallest absolute Gasteiger partial charge is 0.411 e. The van der Waals surface area contributed by atoms with Crippen LogP contribution < -0.4 is 10.6 Å². The number of phenolic OH excluding ortho intramolecular Hbond substituents is 1. The Kier molecular flexibility index (Phi) is 4.76. The minimum absolute atomic E-state index is 0.0100. The zero-order valence-corrected chi connectivity index (χ0v) is 9.21. The second-order valence-electron chi connectivity index (χ2n) is 3.12. The fourth-order valence-electron chi connectivity index (χ4n) is 1.14. The van der Waals surface area contributed by atoms with Gasteiger partial charge in [-0.1, -0.05) is 6.07 Å². The number of carbonyl (C=O) groups excluding carboxylic acids is 1. The third-order valence-electron chi connectivity index (χ3n) is 1.84. The minimum Gasteiger partial charge on any atom is -0.504 e. The SMILES string of the molecule is O=C(O)Nc1cccc(NC(=O)OCCO)c1O. The van der Waals surface area contributed by atoms with Gasteiger partial charge >= 0.3 is 12.2 Å². The summed E-state index contributed by atoms with van der Waals surface area (Å²) in [5, 5.41) is 30.8. The Bertz CT molecular complexity index is 448. The number of nitrogens with one attached hydrogen (secondary N) is 2. The molecule has 0 heterocycles. The van der Waals surface area contributed by atoms with E-state index in [1.54, 1.807) is 0 Å². The third-order valence-corrected chi connectivity index (χ3v) is 1.84. The number of anilines is 2. The van der Waals surface area contributed by atoms with Crippen LogP contribution in [0.3, 0.4) is 0 Å². The van der Waals surface area contributed by atoms with E-state index >= 15 is 0 Å². The lowest BCUT2D eigenvalue weighted by atomic mass is 10.2. The first-order valence-electron chi connectivity index (χ1n) is 4.91. The van der Waals surface area contributed by atoms with Gasteiger partial charge in [0.15, 0.2) is 5.75 Å². The molecular weight excluding hydrogens is 244 g/mol. The van der Waals surface area contributed by atoms with Crippen molar-refractivity contribution in [1.82, 2.24) is 0 Å². The van der Waals surface area contributed by atoms with Crippen LogP contribution in [0.4, 0.5) is 21.0 Å². The first-order chi connectivity index (χ1) is 8.54.